The Morgan fingerprint density at radius 2 is 1.88 bits per heavy atom. The molecule has 0 unspecified atom stereocenters. The second kappa shape index (κ2) is 2.12. The van der Waals surface area contributed by atoms with Crippen molar-refractivity contribution in [3.63, 3.8) is 0 Å². The van der Waals surface area contributed by atoms with Crippen molar-refractivity contribution < 1.29 is 19.9 Å². The van der Waals surface area contributed by atoms with Crippen LogP contribution in [0, 0.1) is 0 Å². The van der Waals surface area contributed by atoms with E-state index in [1.54, 1.807) is 0 Å². The van der Waals surface area contributed by atoms with Crippen LogP contribution in [0.15, 0.2) is 0 Å². The average Bonchev–Trinajstić information content (AvgIpc) is 1.64. The number of hydrogen-bond donors (Lipinski definition) is 3. The predicted octanol–water partition coefficient (Wildman–Crippen LogP) is -0.566. The fourth-order valence-corrected chi connectivity index (χ4v) is 0.0943. The number of imide groups is 1. The third kappa shape index (κ3) is 1.43. The fraction of sp³-hybridized carbons (Fsp3) is 0. The average molecular weight is 120 g/mol. The Morgan fingerprint density at radius 3 is 1.88 bits per heavy atom. The molecule has 0 aromatic heterocycles. The van der Waals surface area contributed by atoms with Gasteiger partial charge in [-0.2, -0.15) is 0 Å². The Kier molecular flexibility index (Phi) is 1.78. The van der Waals surface area contributed by atoms with Gasteiger partial charge in [-0.25, -0.2) is 9.59 Å². The predicted molar refractivity (Wildman–Crippen MR) is 21.2 cm³/mol. The van der Waals surface area contributed by atoms with Crippen LogP contribution in [0.5, 0.6) is 0 Å². The summed E-state index contributed by atoms with van der Waals surface area (Å²) >= 11 is 0. The van der Waals surface area contributed by atoms with Crippen molar-refractivity contribution in [2.45, 2.75) is 0 Å². The van der Waals surface area contributed by atoms with Gasteiger partial charge >= 0.3 is 12.1 Å². The molecule has 3 amide bonds. The highest BCUT2D eigenvalue weighted by molar-refractivity contribution is 5.86. The molecule has 0 saturated carbocycles. The molecule has 0 aliphatic heterocycles. The molecule has 0 aliphatic carbocycles. The van der Waals surface area contributed by atoms with Gasteiger partial charge in [-0.1, -0.05) is 0 Å². The Morgan fingerprint density at radius 1 is 1.50 bits per heavy atom. The number of amides is 3. The lowest BCUT2D eigenvalue weighted by atomic mass is 10.9. The van der Waals surface area contributed by atoms with Crippen LogP contribution in [0.1, 0.15) is 0 Å². The molecule has 0 rings (SSSR count). The third-order valence-corrected chi connectivity index (χ3v) is 0.390. The van der Waals surface area contributed by atoms with E-state index < -0.39 is 17.2 Å². The van der Waals surface area contributed by atoms with Crippen LogP contribution in [-0.2, 0) is 0 Å². The molecular formula is C2H4N2O4. The number of carboxylic acid groups (broad SMARTS) is 1. The van der Waals surface area contributed by atoms with E-state index in [2.05, 4.69) is 5.73 Å². The normalized spacial score (nSPS) is 8.12. The molecule has 0 spiro atoms. The molecule has 0 aromatic carbocycles. The van der Waals surface area contributed by atoms with Crippen LogP contribution in [0.25, 0.3) is 0 Å². The molecule has 0 atom stereocenters. The van der Waals surface area contributed by atoms with Crippen molar-refractivity contribution in [2.75, 3.05) is 0 Å². The zero-order valence-corrected chi connectivity index (χ0v) is 3.74. The lowest BCUT2D eigenvalue weighted by Crippen LogP contribution is -2.36. The summed E-state index contributed by atoms with van der Waals surface area (Å²) in [5, 5.41) is 15.1. The first-order chi connectivity index (χ1) is 3.55. The smallest absolute Gasteiger partial charge is 0.440 e. The lowest BCUT2D eigenvalue weighted by molar-refractivity contribution is -0.0208. The number of primary amides is 1. The Labute approximate surface area is 44.1 Å². The molecule has 0 aromatic rings. The third-order valence-electron chi connectivity index (χ3n) is 0.390. The Hall–Kier alpha value is -1.30. The van der Waals surface area contributed by atoms with Crippen molar-refractivity contribution in [1.82, 2.24) is 5.06 Å². The minimum atomic E-state index is -1.79. The van der Waals surface area contributed by atoms with E-state index >= 15 is 0 Å². The minimum Gasteiger partial charge on any atom is -0.463 e. The number of urea groups is 1. The van der Waals surface area contributed by atoms with Crippen molar-refractivity contribution in [1.29, 1.82) is 0 Å². The number of carbonyl (C=O) groups is 2. The minimum absolute atomic E-state index is 0.611. The molecule has 0 fully saturated rings. The summed E-state index contributed by atoms with van der Waals surface area (Å²) in [5.74, 6) is 0. The van der Waals surface area contributed by atoms with Crippen LogP contribution < -0.4 is 5.73 Å². The van der Waals surface area contributed by atoms with Gasteiger partial charge in [0.05, 0.1) is 0 Å². The Balaban J connectivity index is 3.83. The molecule has 0 radical (unpaired) electrons. The summed E-state index contributed by atoms with van der Waals surface area (Å²) in [6, 6.07) is -1.42. The quantitative estimate of drug-likeness (QED) is 0.294. The van der Waals surface area contributed by atoms with Gasteiger partial charge in [0.25, 0.3) is 0 Å². The maximum Gasteiger partial charge on any atom is 0.440 e. The van der Waals surface area contributed by atoms with E-state index in [9.17, 15) is 9.59 Å². The van der Waals surface area contributed by atoms with Gasteiger partial charge in [-0.15, -0.1) is 5.06 Å². The van der Waals surface area contributed by atoms with E-state index in [1.807, 2.05) is 0 Å². The molecular weight excluding hydrogens is 116 g/mol. The van der Waals surface area contributed by atoms with Crippen LogP contribution in [0.4, 0.5) is 9.59 Å². The van der Waals surface area contributed by atoms with Gasteiger partial charge < -0.3 is 10.8 Å². The SMILES string of the molecule is NC(=O)N(O)C(=O)O. The van der Waals surface area contributed by atoms with E-state index in [0.29, 0.717) is 0 Å². The maximum absolute atomic E-state index is 9.66. The van der Waals surface area contributed by atoms with Crippen LogP contribution in [0.3, 0.4) is 0 Å². The molecule has 0 aliphatic rings. The van der Waals surface area contributed by atoms with E-state index in [0.717, 1.165) is 0 Å². The molecule has 6 heteroatoms. The van der Waals surface area contributed by atoms with Gasteiger partial charge in [0.15, 0.2) is 0 Å². The summed E-state index contributed by atoms with van der Waals surface area (Å²) in [4.78, 5) is 19.2. The molecule has 0 saturated heterocycles. The first kappa shape index (κ1) is 6.70. The van der Waals surface area contributed by atoms with Gasteiger partial charge in [0.1, 0.15) is 0 Å². The van der Waals surface area contributed by atoms with Gasteiger partial charge in [-0.3, -0.25) is 5.21 Å². The van der Waals surface area contributed by atoms with Gasteiger partial charge in [0.2, 0.25) is 0 Å². The molecule has 8 heavy (non-hydrogen) atoms. The monoisotopic (exact) mass is 120 g/mol. The summed E-state index contributed by atoms with van der Waals surface area (Å²) in [5.41, 5.74) is 4.29. The molecule has 46 valence electrons. The number of nitrogens with zero attached hydrogens (tertiary/aromatic N) is 1. The number of carbonyl (C=O) groups excluding carboxylic acids is 1. The Bertz CT molecular complexity index is 107. The standard InChI is InChI=1S/C2H4N2O4/c3-1(5)4(8)2(6)7/h8H,(H2,3,5)(H,6,7). The lowest BCUT2D eigenvalue weighted by Gasteiger charge is -2.01. The molecule has 4 N–H and O–H groups in total. The van der Waals surface area contributed by atoms with E-state index in [1.165, 1.54) is 0 Å². The largest absolute Gasteiger partial charge is 0.463 e. The molecule has 0 heterocycles. The summed E-state index contributed by atoms with van der Waals surface area (Å²) in [6.07, 6.45) is -1.79. The van der Waals surface area contributed by atoms with Crippen LogP contribution in [0.2, 0.25) is 0 Å². The highest BCUT2D eigenvalue weighted by atomic mass is 16.6. The highest BCUT2D eigenvalue weighted by Gasteiger charge is 2.12. The van der Waals surface area contributed by atoms with Gasteiger partial charge in [0, 0.05) is 0 Å². The number of nitrogens with two attached hydrogens (primary N) is 1. The molecule has 0 bridgehead atoms. The zero-order chi connectivity index (χ0) is 6.73. The topological polar surface area (TPSA) is 104 Å². The first-order valence-corrected chi connectivity index (χ1v) is 1.57. The van der Waals surface area contributed by atoms with E-state index in [4.69, 9.17) is 10.3 Å². The van der Waals surface area contributed by atoms with Crippen LogP contribution in [-0.4, -0.2) is 27.5 Å². The van der Waals surface area contributed by atoms with Crippen molar-refractivity contribution in [2.24, 2.45) is 5.73 Å². The summed E-state index contributed by atoms with van der Waals surface area (Å²) in [6.45, 7) is 0. The number of rotatable bonds is 0. The second-order valence-electron chi connectivity index (χ2n) is 0.933. The number of hydroxylamine groups is 2. The second-order valence-corrected chi connectivity index (χ2v) is 0.933. The van der Waals surface area contributed by atoms with Crippen LogP contribution >= 0.6 is 0 Å². The van der Waals surface area contributed by atoms with Crippen molar-refractivity contribution in [3.8, 4) is 0 Å². The van der Waals surface area contributed by atoms with Gasteiger partial charge in [-0.05, 0) is 0 Å². The van der Waals surface area contributed by atoms with E-state index in [-0.39, 0.29) is 0 Å². The first-order valence-electron chi connectivity index (χ1n) is 1.57. The fourth-order valence-electron chi connectivity index (χ4n) is 0.0943. The van der Waals surface area contributed by atoms with Crippen molar-refractivity contribution >= 4 is 12.1 Å². The highest BCUT2D eigenvalue weighted by Crippen LogP contribution is 1.78. The number of hydrogen-bond acceptors (Lipinski definition) is 3. The van der Waals surface area contributed by atoms with Crippen molar-refractivity contribution in [3.05, 3.63) is 0 Å². The maximum atomic E-state index is 9.66. The summed E-state index contributed by atoms with van der Waals surface area (Å²) in [7, 11) is 0. The zero-order valence-electron chi connectivity index (χ0n) is 3.74. The molecule has 6 nitrogen and oxygen atoms in total. The summed E-state index contributed by atoms with van der Waals surface area (Å²) < 4.78 is 0.